The van der Waals surface area contributed by atoms with Crippen LogP contribution in [0.5, 0.6) is 5.75 Å². The van der Waals surface area contributed by atoms with E-state index in [9.17, 15) is 4.79 Å². The number of para-hydroxylation sites is 1. The zero-order valence-corrected chi connectivity index (χ0v) is 17.4. The molecule has 1 N–H and O–H groups in total. The first kappa shape index (κ1) is 20.4. The molecule has 0 radical (unpaired) electrons. The Hall–Kier alpha value is -2.31. The van der Waals surface area contributed by atoms with Gasteiger partial charge in [-0.15, -0.1) is 0 Å². The molecule has 1 atom stereocenters. The minimum Gasteiger partial charge on any atom is -0.496 e. The average Bonchev–Trinajstić information content (AvgIpc) is 2.89. The molecule has 0 aliphatic carbocycles. The van der Waals surface area contributed by atoms with Crippen molar-refractivity contribution < 1.29 is 18.8 Å². The zero-order valence-electron chi connectivity index (χ0n) is 17.4. The number of amides is 1. The molecule has 0 aromatic heterocycles. The van der Waals surface area contributed by atoms with Crippen LogP contribution < -0.4 is 15.5 Å². The van der Waals surface area contributed by atoms with E-state index in [4.69, 9.17) is 14.0 Å². The predicted molar refractivity (Wildman–Crippen MR) is 111 cm³/mol. The molecule has 1 aliphatic heterocycles. The first-order chi connectivity index (χ1) is 13.1. The number of hydrogen-bond acceptors (Lipinski definition) is 4. The Morgan fingerprint density at radius 1 is 1.00 bits per heavy atom. The lowest BCUT2D eigenvalue weighted by Gasteiger charge is -2.32. The molecule has 2 aromatic carbocycles. The number of hydrogen-bond donors (Lipinski definition) is 1. The summed E-state index contributed by atoms with van der Waals surface area (Å²) in [5.41, 5.74) is 1.75. The van der Waals surface area contributed by atoms with Crippen LogP contribution in [0.2, 0.25) is 0 Å². The molecule has 5 nitrogen and oxygen atoms in total. The minimum absolute atomic E-state index is 0.148. The number of ether oxygens (including phenoxy) is 1. The number of methoxy groups -OCH3 is 1. The van der Waals surface area contributed by atoms with E-state index in [2.05, 4.69) is 5.32 Å². The van der Waals surface area contributed by atoms with Gasteiger partial charge >= 0.3 is 7.12 Å². The van der Waals surface area contributed by atoms with Gasteiger partial charge in [-0.25, -0.2) is 0 Å². The summed E-state index contributed by atoms with van der Waals surface area (Å²) in [6, 6.07) is 15.0. The normalized spacial score (nSPS) is 18.6. The number of carbonyl (C=O) groups is 1. The van der Waals surface area contributed by atoms with E-state index in [0.717, 1.165) is 11.0 Å². The molecule has 1 saturated heterocycles. The number of rotatable bonds is 5. The van der Waals surface area contributed by atoms with E-state index in [1.807, 2.05) is 71.0 Å². The van der Waals surface area contributed by atoms with Gasteiger partial charge in [0.2, 0.25) is 0 Å². The van der Waals surface area contributed by atoms with Gasteiger partial charge in [-0.3, -0.25) is 4.79 Å². The molecule has 3 rings (SSSR count). The molecule has 2 aromatic rings. The Balaban J connectivity index is 1.69. The molecule has 0 spiro atoms. The third-order valence-corrected chi connectivity index (χ3v) is 5.66. The van der Waals surface area contributed by atoms with Gasteiger partial charge in [0, 0.05) is 0 Å². The first-order valence-corrected chi connectivity index (χ1v) is 9.54. The van der Waals surface area contributed by atoms with Crippen molar-refractivity contribution in [3.63, 3.8) is 0 Å². The Morgan fingerprint density at radius 3 is 2.14 bits per heavy atom. The van der Waals surface area contributed by atoms with Gasteiger partial charge in [0.15, 0.2) is 0 Å². The highest BCUT2D eigenvalue weighted by atomic mass is 16.7. The van der Waals surface area contributed by atoms with Crippen molar-refractivity contribution in [1.82, 2.24) is 5.32 Å². The lowest BCUT2D eigenvalue weighted by Crippen LogP contribution is -2.41. The number of nitrogens with one attached hydrogen (secondary N) is 1. The molecule has 1 heterocycles. The van der Waals surface area contributed by atoms with Crippen molar-refractivity contribution in [2.45, 2.75) is 51.9 Å². The van der Waals surface area contributed by atoms with Crippen LogP contribution in [0.1, 0.15) is 56.6 Å². The highest BCUT2D eigenvalue weighted by Crippen LogP contribution is 2.36. The highest BCUT2D eigenvalue weighted by Gasteiger charge is 2.51. The van der Waals surface area contributed by atoms with Gasteiger partial charge in [-0.2, -0.15) is 0 Å². The molecule has 6 heteroatoms. The molecule has 1 fully saturated rings. The van der Waals surface area contributed by atoms with Crippen LogP contribution in [-0.4, -0.2) is 31.3 Å². The van der Waals surface area contributed by atoms with Gasteiger partial charge in [0.1, 0.15) is 5.75 Å². The summed E-state index contributed by atoms with van der Waals surface area (Å²) in [6.07, 6.45) is 0. The molecular formula is C22H28BNO4. The molecule has 1 aliphatic rings. The summed E-state index contributed by atoms with van der Waals surface area (Å²) in [6.45, 7) is 10.1. The third-order valence-electron chi connectivity index (χ3n) is 5.66. The Labute approximate surface area is 167 Å². The van der Waals surface area contributed by atoms with Crippen molar-refractivity contribution in [3.8, 4) is 5.75 Å². The topological polar surface area (TPSA) is 56.8 Å². The smallest absolute Gasteiger partial charge is 0.494 e. The molecule has 1 unspecified atom stereocenters. The monoisotopic (exact) mass is 381 g/mol. The summed E-state index contributed by atoms with van der Waals surface area (Å²) < 4.78 is 17.5. The Morgan fingerprint density at radius 2 is 1.57 bits per heavy atom. The third kappa shape index (κ3) is 3.93. The predicted octanol–water partition coefficient (Wildman–Crippen LogP) is 3.49. The largest absolute Gasteiger partial charge is 0.496 e. The van der Waals surface area contributed by atoms with Gasteiger partial charge in [-0.05, 0) is 57.8 Å². The molecule has 0 bridgehead atoms. The van der Waals surface area contributed by atoms with Crippen LogP contribution in [0.15, 0.2) is 48.5 Å². The Kier molecular flexibility index (Phi) is 5.55. The summed E-state index contributed by atoms with van der Waals surface area (Å²) in [7, 11) is 1.17. The van der Waals surface area contributed by atoms with Crippen LogP contribution in [0, 0.1) is 0 Å². The van der Waals surface area contributed by atoms with E-state index < -0.39 is 7.12 Å². The minimum atomic E-state index is -0.391. The van der Waals surface area contributed by atoms with Crippen LogP contribution in [0.25, 0.3) is 0 Å². The summed E-state index contributed by atoms with van der Waals surface area (Å²) in [4.78, 5) is 12.6. The quantitative estimate of drug-likeness (QED) is 0.806. The highest BCUT2D eigenvalue weighted by molar-refractivity contribution is 6.62. The fourth-order valence-corrected chi connectivity index (χ4v) is 3.11. The average molecular weight is 381 g/mol. The first-order valence-electron chi connectivity index (χ1n) is 9.54. The van der Waals surface area contributed by atoms with E-state index in [0.29, 0.717) is 11.3 Å². The van der Waals surface area contributed by atoms with Crippen molar-refractivity contribution in [2.24, 2.45) is 0 Å². The standard InChI is InChI=1S/C22H28BNO4/c1-15(24-20(25)18-9-7-8-10-19(18)26-6)16-11-13-17(14-12-16)23-27-21(2,3)22(4,5)28-23/h7-15H,1-6H3,(H,24,25). The summed E-state index contributed by atoms with van der Waals surface area (Å²) >= 11 is 0. The second-order valence-corrected chi connectivity index (χ2v) is 8.15. The maximum Gasteiger partial charge on any atom is 0.494 e. The molecular weight excluding hydrogens is 353 g/mol. The fraction of sp³-hybridized carbons (Fsp3) is 0.409. The van der Waals surface area contributed by atoms with Gasteiger partial charge in [-0.1, -0.05) is 36.4 Å². The lowest BCUT2D eigenvalue weighted by atomic mass is 9.78. The van der Waals surface area contributed by atoms with Crippen molar-refractivity contribution >= 4 is 18.5 Å². The lowest BCUT2D eigenvalue weighted by molar-refractivity contribution is 0.00578. The summed E-state index contributed by atoms with van der Waals surface area (Å²) in [5.74, 6) is 0.392. The second-order valence-electron chi connectivity index (χ2n) is 8.15. The van der Waals surface area contributed by atoms with Gasteiger partial charge in [0.05, 0.1) is 29.9 Å². The van der Waals surface area contributed by atoms with Crippen LogP contribution in [0.3, 0.4) is 0 Å². The van der Waals surface area contributed by atoms with E-state index in [1.165, 1.54) is 0 Å². The second kappa shape index (κ2) is 7.61. The summed E-state index contributed by atoms with van der Waals surface area (Å²) in [5, 5.41) is 3.02. The van der Waals surface area contributed by atoms with Crippen LogP contribution >= 0.6 is 0 Å². The Bertz CT molecular complexity index is 832. The van der Waals surface area contributed by atoms with E-state index in [1.54, 1.807) is 19.2 Å². The molecule has 0 saturated carbocycles. The maximum absolute atomic E-state index is 12.6. The fourth-order valence-electron chi connectivity index (χ4n) is 3.11. The van der Waals surface area contributed by atoms with Crippen molar-refractivity contribution in [2.75, 3.05) is 7.11 Å². The van der Waals surface area contributed by atoms with Crippen molar-refractivity contribution in [3.05, 3.63) is 59.7 Å². The van der Waals surface area contributed by atoms with E-state index in [-0.39, 0.29) is 23.2 Å². The number of carbonyl (C=O) groups excluding carboxylic acids is 1. The number of benzene rings is 2. The molecule has 28 heavy (non-hydrogen) atoms. The van der Waals surface area contributed by atoms with Crippen LogP contribution in [-0.2, 0) is 9.31 Å². The maximum atomic E-state index is 12.6. The van der Waals surface area contributed by atoms with Gasteiger partial charge in [0.25, 0.3) is 5.91 Å². The van der Waals surface area contributed by atoms with Crippen molar-refractivity contribution in [1.29, 1.82) is 0 Å². The van der Waals surface area contributed by atoms with Crippen LogP contribution in [0.4, 0.5) is 0 Å². The SMILES string of the molecule is COc1ccccc1C(=O)NC(C)c1ccc(B2OC(C)(C)C(C)(C)O2)cc1. The molecule has 1 amide bonds. The molecule has 148 valence electrons. The van der Waals surface area contributed by atoms with E-state index >= 15 is 0 Å². The van der Waals surface area contributed by atoms with Gasteiger partial charge < -0.3 is 19.4 Å². The zero-order chi connectivity index (χ0) is 20.5.